The van der Waals surface area contributed by atoms with E-state index in [0.29, 0.717) is 39.9 Å². The number of amidine groups is 1. The van der Waals surface area contributed by atoms with E-state index in [1.807, 2.05) is 0 Å². The fraction of sp³-hybridized carbons (Fsp3) is 0.192. The van der Waals surface area contributed by atoms with Crippen molar-refractivity contribution >= 4 is 46.7 Å². The number of carbonyl (C=O) groups excluding carboxylic acids is 3. The largest absolute Gasteiger partial charge is 0.469 e. The zero-order chi connectivity index (χ0) is 26.2. The van der Waals surface area contributed by atoms with Gasteiger partial charge in [-0.05, 0) is 48.4 Å². The highest BCUT2D eigenvalue weighted by Crippen LogP contribution is 2.22. The number of ether oxygens (including phenoxy) is 1. The summed E-state index contributed by atoms with van der Waals surface area (Å²) in [4.78, 5) is 43.3. The lowest BCUT2D eigenvalue weighted by molar-refractivity contribution is -0.140. The Balaban J connectivity index is 1.85. The molecule has 2 amide bonds. The monoisotopic (exact) mass is 507 g/mol. The fourth-order valence-electron chi connectivity index (χ4n) is 3.26. The van der Waals surface area contributed by atoms with Crippen LogP contribution in [0.5, 0.6) is 0 Å². The van der Waals surface area contributed by atoms with Crippen molar-refractivity contribution < 1.29 is 19.1 Å². The number of aromatic nitrogens is 1. The Morgan fingerprint density at radius 1 is 0.972 bits per heavy atom. The molecule has 1 aromatic heterocycles. The van der Waals surface area contributed by atoms with Gasteiger partial charge >= 0.3 is 5.97 Å². The zero-order valence-electron chi connectivity index (χ0n) is 20.1. The molecule has 0 atom stereocenters. The topological polar surface area (TPSA) is 124 Å². The van der Waals surface area contributed by atoms with Crippen molar-refractivity contribution in [1.82, 2.24) is 9.88 Å². The van der Waals surface area contributed by atoms with Crippen LogP contribution in [0, 0.1) is 5.41 Å². The van der Waals surface area contributed by atoms with Gasteiger partial charge in [0.2, 0.25) is 0 Å². The molecule has 3 aromatic rings. The Labute approximate surface area is 213 Å². The maximum Gasteiger partial charge on any atom is 0.305 e. The van der Waals surface area contributed by atoms with E-state index in [9.17, 15) is 14.4 Å². The van der Waals surface area contributed by atoms with Gasteiger partial charge in [-0.15, -0.1) is 0 Å². The summed E-state index contributed by atoms with van der Waals surface area (Å²) < 4.78 is 4.69. The summed E-state index contributed by atoms with van der Waals surface area (Å²) in [5.41, 5.74) is 2.25. The minimum Gasteiger partial charge on any atom is -0.469 e. The quantitative estimate of drug-likeness (QED) is 0.238. The van der Waals surface area contributed by atoms with Crippen LogP contribution < -0.4 is 10.6 Å². The molecule has 0 spiro atoms. The second-order valence-corrected chi connectivity index (χ2v) is 8.48. The Hall–Kier alpha value is -4.24. The molecule has 186 valence electrons. The summed E-state index contributed by atoms with van der Waals surface area (Å²) in [7, 11) is 4.85. The highest BCUT2D eigenvalue weighted by molar-refractivity contribution is 6.30. The second-order valence-electron chi connectivity index (χ2n) is 8.05. The lowest BCUT2D eigenvalue weighted by Crippen LogP contribution is -2.22. The molecule has 0 saturated heterocycles. The minimum atomic E-state index is -0.491. The molecule has 2 aromatic carbocycles. The SMILES string of the molecule is COC(=O)CCc1ccc(NC(=O)c2ccc(C(=N)N(C)C)cc2)c(C(=O)Nc2ccc(Cl)cn2)c1. The first kappa shape index (κ1) is 26.4. The second kappa shape index (κ2) is 11.9. The molecule has 0 fully saturated rings. The van der Waals surface area contributed by atoms with Crippen LogP contribution in [-0.4, -0.2) is 54.7 Å². The number of anilines is 2. The molecule has 36 heavy (non-hydrogen) atoms. The van der Waals surface area contributed by atoms with Crippen LogP contribution in [0.3, 0.4) is 0 Å². The number of esters is 1. The van der Waals surface area contributed by atoms with Gasteiger partial charge in [-0.2, -0.15) is 0 Å². The number of pyridine rings is 1. The molecule has 3 N–H and O–H groups in total. The number of nitrogens with one attached hydrogen (secondary N) is 3. The highest BCUT2D eigenvalue weighted by Gasteiger charge is 2.17. The number of hydrogen-bond acceptors (Lipinski definition) is 6. The molecule has 9 nitrogen and oxygen atoms in total. The summed E-state index contributed by atoms with van der Waals surface area (Å²) >= 11 is 5.87. The van der Waals surface area contributed by atoms with Gasteiger partial charge < -0.3 is 20.3 Å². The fourth-order valence-corrected chi connectivity index (χ4v) is 3.37. The molecular formula is C26H26ClN5O4. The van der Waals surface area contributed by atoms with Crippen molar-refractivity contribution in [3.05, 3.63) is 88.1 Å². The Morgan fingerprint density at radius 2 is 1.67 bits per heavy atom. The van der Waals surface area contributed by atoms with Crippen molar-refractivity contribution in [2.45, 2.75) is 12.8 Å². The number of carbonyl (C=O) groups is 3. The van der Waals surface area contributed by atoms with Crippen LogP contribution in [0.2, 0.25) is 5.02 Å². The van der Waals surface area contributed by atoms with Gasteiger partial charge in [-0.1, -0.05) is 29.8 Å². The van der Waals surface area contributed by atoms with Gasteiger partial charge in [-0.3, -0.25) is 19.8 Å². The van der Waals surface area contributed by atoms with Crippen LogP contribution in [0.1, 0.15) is 38.3 Å². The summed E-state index contributed by atoms with van der Waals surface area (Å²) in [6, 6.07) is 14.7. The number of methoxy groups -OCH3 is 1. The van der Waals surface area contributed by atoms with Gasteiger partial charge in [-0.25, -0.2) is 4.98 Å². The minimum absolute atomic E-state index is 0.149. The predicted octanol–water partition coefficient (Wildman–Crippen LogP) is 4.23. The Bertz CT molecular complexity index is 1270. The average molecular weight is 508 g/mol. The number of benzene rings is 2. The Kier molecular flexibility index (Phi) is 8.75. The first-order chi connectivity index (χ1) is 17.2. The van der Waals surface area contributed by atoms with Gasteiger partial charge in [0.05, 0.1) is 23.4 Å². The van der Waals surface area contributed by atoms with Gasteiger partial charge in [0.1, 0.15) is 11.7 Å². The summed E-state index contributed by atoms with van der Waals surface area (Å²) in [6.07, 6.45) is 1.92. The van der Waals surface area contributed by atoms with Crippen LogP contribution >= 0.6 is 11.6 Å². The standard InChI is InChI=1S/C26H26ClN5O4/c1-32(2)24(28)17-6-8-18(9-7-17)25(34)30-21-11-4-16(5-13-23(33)36-3)14-20(21)26(35)31-22-12-10-19(27)15-29-22/h4,6-12,14-15,28H,5,13H2,1-3H3,(H,30,34)(H,29,31,35). The number of halogens is 1. The first-order valence-electron chi connectivity index (χ1n) is 11.0. The van der Waals surface area contributed by atoms with Crippen molar-refractivity contribution in [3.8, 4) is 0 Å². The summed E-state index contributed by atoms with van der Waals surface area (Å²) in [5, 5.41) is 14.0. The van der Waals surface area contributed by atoms with E-state index in [0.717, 1.165) is 5.56 Å². The van der Waals surface area contributed by atoms with Crippen LogP contribution in [0.15, 0.2) is 60.8 Å². The molecule has 1 heterocycles. The third-order valence-electron chi connectivity index (χ3n) is 5.26. The molecule has 10 heteroatoms. The van der Waals surface area contributed by atoms with E-state index in [4.69, 9.17) is 17.0 Å². The predicted molar refractivity (Wildman–Crippen MR) is 139 cm³/mol. The highest BCUT2D eigenvalue weighted by atomic mass is 35.5. The normalized spacial score (nSPS) is 10.3. The van der Waals surface area contributed by atoms with Crippen molar-refractivity contribution in [2.24, 2.45) is 0 Å². The molecule has 0 radical (unpaired) electrons. The third-order valence-corrected chi connectivity index (χ3v) is 5.48. The summed E-state index contributed by atoms with van der Waals surface area (Å²) in [6.45, 7) is 0. The molecule has 0 aliphatic carbocycles. The molecule has 0 aliphatic heterocycles. The van der Waals surface area contributed by atoms with E-state index in [2.05, 4.69) is 20.4 Å². The number of aryl methyl sites for hydroxylation is 1. The maximum absolute atomic E-state index is 13.1. The molecule has 0 saturated carbocycles. The van der Waals surface area contributed by atoms with Crippen LogP contribution in [0.25, 0.3) is 0 Å². The van der Waals surface area contributed by atoms with Crippen LogP contribution in [0.4, 0.5) is 11.5 Å². The average Bonchev–Trinajstić information content (AvgIpc) is 2.88. The van der Waals surface area contributed by atoms with Crippen LogP contribution in [-0.2, 0) is 16.0 Å². The number of hydrogen-bond donors (Lipinski definition) is 3. The number of amides is 2. The van der Waals surface area contributed by atoms with E-state index in [1.165, 1.54) is 13.3 Å². The van der Waals surface area contributed by atoms with Gasteiger partial charge in [0.25, 0.3) is 11.8 Å². The van der Waals surface area contributed by atoms with E-state index in [-0.39, 0.29) is 18.0 Å². The smallest absolute Gasteiger partial charge is 0.305 e. The van der Waals surface area contributed by atoms with E-state index in [1.54, 1.807) is 73.6 Å². The molecule has 3 rings (SSSR count). The van der Waals surface area contributed by atoms with Crippen molar-refractivity contribution in [2.75, 3.05) is 31.8 Å². The van der Waals surface area contributed by atoms with Crippen molar-refractivity contribution in [3.63, 3.8) is 0 Å². The molecular weight excluding hydrogens is 482 g/mol. The van der Waals surface area contributed by atoms with Crippen molar-refractivity contribution in [1.29, 1.82) is 5.41 Å². The number of nitrogens with zero attached hydrogens (tertiary/aromatic N) is 2. The molecule has 0 aliphatic rings. The van der Waals surface area contributed by atoms with E-state index >= 15 is 0 Å². The Morgan fingerprint density at radius 3 is 2.28 bits per heavy atom. The van der Waals surface area contributed by atoms with Gasteiger partial charge in [0, 0.05) is 37.8 Å². The summed E-state index contributed by atoms with van der Waals surface area (Å²) in [5.74, 6) is -0.664. The third kappa shape index (κ3) is 6.89. The first-order valence-corrected chi connectivity index (χ1v) is 11.4. The zero-order valence-corrected chi connectivity index (χ0v) is 20.8. The lowest BCUT2D eigenvalue weighted by Gasteiger charge is -2.15. The number of rotatable bonds is 8. The van der Waals surface area contributed by atoms with Gasteiger partial charge in [0.15, 0.2) is 0 Å². The maximum atomic E-state index is 13.1. The van der Waals surface area contributed by atoms with E-state index < -0.39 is 11.8 Å². The molecule has 0 unspecified atom stereocenters. The lowest BCUT2D eigenvalue weighted by atomic mass is 10.0. The molecule has 0 bridgehead atoms.